The van der Waals surface area contributed by atoms with Gasteiger partial charge >= 0.3 is 0 Å². The molecule has 0 aliphatic carbocycles. The van der Waals surface area contributed by atoms with E-state index in [1.807, 2.05) is 0 Å². The molecule has 0 atom stereocenters. The number of hydrogen-bond acceptors (Lipinski definition) is 1. The Bertz CT molecular complexity index is 4630. The van der Waals surface area contributed by atoms with E-state index in [1.54, 1.807) is 0 Å². The lowest BCUT2D eigenvalue weighted by molar-refractivity contribution is 0.641. The monoisotopic (exact) mass is 1160 g/mol. The predicted molar refractivity (Wildman–Crippen MR) is 379 cm³/mol. The first-order valence-electron chi connectivity index (χ1n) is 30.9. The Balaban J connectivity index is 0.947. The Morgan fingerprint density at radius 1 is 0.261 bits per heavy atom. The van der Waals surface area contributed by atoms with E-state index < -0.39 is 16.1 Å². The number of rotatable bonds is 13. The molecule has 88 heavy (non-hydrogen) atoms. The van der Waals surface area contributed by atoms with Gasteiger partial charge in [-0.2, -0.15) is 0 Å². The molecule has 0 saturated heterocycles. The van der Waals surface area contributed by atoms with Crippen LogP contribution in [0.1, 0.15) is 49.9 Å². The lowest BCUT2D eigenvalue weighted by Gasteiger charge is -2.48. The molecule has 14 aromatic rings. The van der Waals surface area contributed by atoms with Gasteiger partial charge in [0.25, 0.3) is 0 Å². The molecule has 0 bridgehead atoms. The minimum atomic E-state index is -3.12. The third kappa shape index (κ3) is 8.80. The van der Waals surface area contributed by atoms with E-state index in [1.165, 1.54) is 85.6 Å². The number of benzene rings is 13. The van der Waals surface area contributed by atoms with Gasteiger partial charge in [-0.05, 0) is 142 Å². The number of anilines is 3. The van der Waals surface area contributed by atoms with Gasteiger partial charge in [-0.25, -0.2) is 0 Å². The van der Waals surface area contributed by atoms with Crippen LogP contribution in [-0.2, 0) is 10.8 Å². The highest BCUT2D eigenvalue weighted by atomic mass is 28.3. The van der Waals surface area contributed by atoms with Crippen molar-refractivity contribution in [1.29, 1.82) is 0 Å². The molecule has 0 N–H and O–H groups in total. The second kappa shape index (κ2) is 22.0. The van der Waals surface area contributed by atoms with Crippen LogP contribution in [-0.4, -0.2) is 20.7 Å². The fourth-order valence-electron chi connectivity index (χ4n) is 14.9. The smallest absolute Gasteiger partial charge is 0.179 e. The Hall–Kier alpha value is -10.1. The van der Waals surface area contributed by atoms with Crippen LogP contribution in [0, 0.1) is 0 Å². The molecular weight excluding hydrogens is 1090 g/mol. The maximum Gasteiger partial charge on any atom is 0.179 e. The van der Waals surface area contributed by atoms with Crippen molar-refractivity contribution in [2.24, 2.45) is 0 Å². The molecule has 422 valence electrons. The van der Waals surface area contributed by atoms with Crippen LogP contribution in [0.4, 0.5) is 17.1 Å². The van der Waals surface area contributed by atoms with E-state index in [0.29, 0.717) is 0 Å². The van der Waals surface area contributed by atoms with Crippen LogP contribution in [0.5, 0.6) is 0 Å². The van der Waals surface area contributed by atoms with Crippen molar-refractivity contribution in [3.05, 3.63) is 362 Å². The zero-order valence-corrected chi connectivity index (χ0v) is 52.2. The van der Waals surface area contributed by atoms with Crippen molar-refractivity contribution in [3.63, 3.8) is 0 Å². The Labute approximate surface area is 520 Å². The van der Waals surface area contributed by atoms with Crippen molar-refractivity contribution in [3.8, 4) is 16.8 Å². The van der Waals surface area contributed by atoms with Gasteiger partial charge in [-0.1, -0.05) is 301 Å². The molecule has 2 nitrogen and oxygen atoms in total. The second-order valence-electron chi connectivity index (χ2n) is 24.8. The number of aromatic nitrogens is 1. The molecule has 1 aliphatic heterocycles. The molecule has 15 rings (SSSR count). The molecular formula is C84H68N2Si2. The van der Waals surface area contributed by atoms with Crippen LogP contribution in [0.25, 0.3) is 38.6 Å². The highest BCUT2D eigenvalue weighted by Crippen LogP contribution is 2.43. The van der Waals surface area contributed by atoms with E-state index in [0.717, 1.165) is 33.8 Å². The number of hydrogen-bond donors (Lipinski definition) is 0. The SMILES string of the molecule is CC(C)(c1ccccc1)c1ccc(N(c2ccc(C(C)(C)c3ccccc3)cc2)c2ccc3c(c2)c2cc(-c4ccccc4)ccc2n3-c2cccc([Si]3(c4ccccc4)c4ccccc4[Si](c4ccccc4)(c4ccccc4)c4ccccc43)c2)cc1. The summed E-state index contributed by atoms with van der Waals surface area (Å²) in [5.41, 5.74) is 13.9. The normalized spacial score (nSPS) is 13.4. The summed E-state index contributed by atoms with van der Waals surface area (Å²) in [6.07, 6.45) is 0. The average molecular weight is 1160 g/mol. The van der Waals surface area contributed by atoms with Crippen molar-refractivity contribution in [2.45, 2.75) is 38.5 Å². The van der Waals surface area contributed by atoms with Gasteiger partial charge in [0.2, 0.25) is 0 Å². The van der Waals surface area contributed by atoms with Crippen LogP contribution < -0.4 is 46.4 Å². The van der Waals surface area contributed by atoms with E-state index in [-0.39, 0.29) is 10.8 Å². The first-order chi connectivity index (χ1) is 43.2. The molecule has 1 aromatic heterocycles. The summed E-state index contributed by atoms with van der Waals surface area (Å²) in [6.45, 7) is 9.30. The quantitative estimate of drug-likeness (QED) is 0.104. The summed E-state index contributed by atoms with van der Waals surface area (Å²) in [5.74, 6) is 0. The minimum absolute atomic E-state index is 0.187. The summed E-state index contributed by atoms with van der Waals surface area (Å²) in [6, 6.07) is 129. The molecule has 0 fully saturated rings. The van der Waals surface area contributed by atoms with Gasteiger partial charge in [0.15, 0.2) is 16.1 Å². The topological polar surface area (TPSA) is 8.17 Å². The van der Waals surface area contributed by atoms with Gasteiger partial charge in [-0.15, -0.1) is 0 Å². The van der Waals surface area contributed by atoms with Gasteiger partial charge < -0.3 is 9.47 Å². The summed E-state index contributed by atoms with van der Waals surface area (Å²) >= 11 is 0. The van der Waals surface area contributed by atoms with Crippen LogP contribution >= 0.6 is 0 Å². The number of fused-ring (bicyclic) bond motifs is 5. The predicted octanol–water partition coefficient (Wildman–Crippen LogP) is 15.6. The van der Waals surface area contributed by atoms with E-state index >= 15 is 0 Å². The molecule has 4 heteroatoms. The molecule has 0 amide bonds. The highest BCUT2D eigenvalue weighted by Gasteiger charge is 2.56. The average Bonchev–Trinajstić information content (AvgIpc) is 0.780. The largest absolute Gasteiger partial charge is 0.310 e. The summed E-state index contributed by atoms with van der Waals surface area (Å²) in [4.78, 5) is 2.45. The molecule has 0 spiro atoms. The van der Waals surface area contributed by atoms with Crippen molar-refractivity contribution >= 4 is 96.5 Å². The van der Waals surface area contributed by atoms with Crippen LogP contribution in [0.3, 0.4) is 0 Å². The Morgan fingerprint density at radius 2 is 0.602 bits per heavy atom. The van der Waals surface area contributed by atoms with Crippen molar-refractivity contribution < 1.29 is 0 Å². The summed E-state index contributed by atoms with van der Waals surface area (Å²) < 4.78 is 2.54. The Kier molecular flexibility index (Phi) is 13.6. The summed E-state index contributed by atoms with van der Waals surface area (Å²) in [7, 11) is -6.01. The lowest BCUT2D eigenvalue weighted by Crippen LogP contribution is -2.93. The highest BCUT2D eigenvalue weighted by molar-refractivity contribution is 7.32. The second-order valence-corrected chi connectivity index (χ2v) is 32.2. The fourth-order valence-corrected chi connectivity index (χ4v) is 27.0. The van der Waals surface area contributed by atoms with Gasteiger partial charge in [-0.3, -0.25) is 0 Å². The molecule has 2 heterocycles. The van der Waals surface area contributed by atoms with E-state index in [2.05, 4.69) is 377 Å². The Morgan fingerprint density at radius 3 is 1.05 bits per heavy atom. The maximum atomic E-state index is 2.56. The van der Waals surface area contributed by atoms with Gasteiger partial charge in [0.1, 0.15) is 0 Å². The minimum Gasteiger partial charge on any atom is -0.310 e. The first kappa shape index (κ1) is 54.5. The molecule has 0 unspecified atom stereocenters. The van der Waals surface area contributed by atoms with Gasteiger partial charge in [0, 0.05) is 44.4 Å². The van der Waals surface area contributed by atoms with E-state index in [9.17, 15) is 0 Å². The zero-order valence-electron chi connectivity index (χ0n) is 50.2. The standard InChI is InChI=1S/C84H68N2Si2/c1-83(2,63-30-13-6-14-31-63)65-47-51-67(52-48-65)85(68-53-49-66(50-54-68)84(3,4)64-32-15-7-16-33-64)70-55-57-78-76(60-70)75-58-62(61-28-11-5-12-29-61)46-56-77(75)86(78)69-34-27-41-74(59-69)88(73-39-21-10-22-40-73)81-44-25-23-42-79(81)87(71-35-17-8-18-36-71,72-37-19-9-20-38-72)80-43-24-26-45-82(80)88/h5-60H,1-4H3. The number of nitrogens with zero attached hydrogens (tertiary/aromatic N) is 2. The molecule has 13 aromatic carbocycles. The van der Waals surface area contributed by atoms with Crippen molar-refractivity contribution in [1.82, 2.24) is 4.57 Å². The molecule has 0 radical (unpaired) electrons. The van der Waals surface area contributed by atoms with Crippen LogP contribution in [0.2, 0.25) is 0 Å². The van der Waals surface area contributed by atoms with Crippen molar-refractivity contribution in [2.75, 3.05) is 4.90 Å². The van der Waals surface area contributed by atoms with E-state index in [4.69, 9.17) is 0 Å². The molecule has 1 aliphatic rings. The van der Waals surface area contributed by atoms with Gasteiger partial charge in [0.05, 0.1) is 11.0 Å². The fraction of sp³-hybridized carbons (Fsp3) is 0.0714. The molecule has 0 saturated carbocycles. The summed E-state index contributed by atoms with van der Waals surface area (Å²) in [5, 5.41) is 13.8. The third-order valence-electron chi connectivity index (χ3n) is 19.4. The van der Waals surface area contributed by atoms with Crippen LogP contribution in [0.15, 0.2) is 340 Å². The third-order valence-corrected chi connectivity index (χ3v) is 29.7. The lowest BCUT2D eigenvalue weighted by atomic mass is 9.78. The maximum absolute atomic E-state index is 3.12. The first-order valence-corrected chi connectivity index (χ1v) is 34.9. The zero-order chi connectivity index (χ0) is 59.5.